The average molecular weight is 444 g/mol. The Morgan fingerprint density at radius 3 is 2.58 bits per heavy atom. The third kappa shape index (κ3) is 7.38. The number of piperidine rings is 1. The number of nitrogens with zero attached hydrogens (tertiary/aromatic N) is 2. The Labute approximate surface area is 164 Å². The van der Waals surface area contributed by atoms with Crippen LogP contribution >= 0.6 is 24.0 Å². The summed E-state index contributed by atoms with van der Waals surface area (Å²) in [5.74, 6) is 1.77. The van der Waals surface area contributed by atoms with E-state index in [0.29, 0.717) is 0 Å². The van der Waals surface area contributed by atoms with Crippen molar-refractivity contribution in [1.29, 1.82) is 0 Å². The van der Waals surface area contributed by atoms with Crippen LogP contribution in [0.2, 0.25) is 0 Å². The zero-order valence-corrected chi connectivity index (χ0v) is 17.7. The molecule has 1 fully saturated rings. The number of hydrogen-bond acceptors (Lipinski definition) is 2. The van der Waals surface area contributed by atoms with E-state index in [9.17, 15) is 0 Å². The van der Waals surface area contributed by atoms with Crippen LogP contribution in [-0.4, -0.2) is 37.5 Å². The van der Waals surface area contributed by atoms with Gasteiger partial charge in [-0.25, -0.2) is 0 Å². The van der Waals surface area contributed by atoms with Crippen LogP contribution in [-0.2, 0) is 13.1 Å². The van der Waals surface area contributed by atoms with E-state index < -0.39 is 0 Å². The van der Waals surface area contributed by atoms with Crippen molar-refractivity contribution in [1.82, 2.24) is 15.5 Å². The van der Waals surface area contributed by atoms with Gasteiger partial charge in [-0.2, -0.15) is 0 Å². The number of halogens is 1. The zero-order chi connectivity index (χ0) is 16.5. The number of guanidine groups is 1. The highest BCUT2D eigenvalue weighted by Gasteiger charge is 2.15. The topological polar surface area (TPSA) is 39.7 Å². The first kappa shape index (κ1) is 21.2. The number of hydrogen-bond donors (Lipinski definition) is 2. The lowest BCUT2D eigenvalue weighted by Crippen LogP contribution is -2.37. The van der Waals surface area contributed by atoms with Crippen molar-refractivity contribution in [2.24, 2.45) is 10.9 Å². The van der Waals surface area contributed by atoms with Gasteiger partial charge in [-0.1, -0.05) is 38.1 Å². The van der Waals surface area contributed by atoms with Crippen LogP contribution in [0.5, 0.6) is 0 Å². The van der Waals surface area contributed by atoms with Crippen LogP contribution in [0, 0.1) is 5.92 Å². The maximum Gasteiger partial charge on any atom is 0.191 e. The summed E-state index contributed by atoms with van der Waals surface area (Å²) in [5.41, 5.74) is 2.72. The van der Waals surface area contributed by atoms with E-state index in [-0.39, 0.29) is 24.0 Å². The molecule has 2 rings (SSSR count). The Bertz CT molecular complexity index is 496. The number of likely N-dealkylation sites (tertiary alicyclic amines) is 1. The van der Waals surface area contributed by atoms with Crippen LogP contribution < -0.4 is 10.6 Å². The predicted octanol–water partition coefficient (Wildman–Crippen LogP) is 3.61. The molecule has 24 heavy (non-hydrogen) atoms. The Kier molecular flexibility index (Phi) is 10.3. The summed E-state index contributed by atoms with van der Waals surface area (Å²) in [6.07, 6.45) is 3.77. The molecule has 0 saturated carbocycles. The van der Waals surface area contributed by atoms with Crippen LogP contribution in [0.1, 0.15) is 44.2 Å². The highest BCUT2D eigenvalue weighted by atomic mass is 127. The molecular weight excluding hydrogens is 411 g/mol. The van der Waals surface area contributed by atoms with Crippen LogP contribution in [0.3, 0.4) is 0 Å². The maximum atomic E-state index is 4.25. The van der Waals surface area contributed by atoms with E-state index in [1.54, 1.807) is 0 Å². The highest BCUT2D eigenvalue weighted by molar-refractivity contribution is 14.0. The van der Waals surface area contributed by atoms with E-state index in [0.717, 1.165) is 37.9 Å². The second kappa shape index (κ2) is 11.7. The Balaban J connectivity index is 0.00000288. The zero-order valence-electron chi connectivity index (χ0n) is 15.3. The summed E-state index contributed by atoms with van der Waals surface area (Å²) in [4.78, 5) is 6.83. The number of rotatable bonds is 6. The standard InChI is InChI=1S/C19H32N4.HI/c1-4-10-21-19(20-3)22-14-17-6-5-7-18(13-17)15-23-11-8-16(2)9-12-23;/h5-7,13,16H,4,8-12,14-15H2,1-3H3,(H2,20,21,22);1H. The van der Waals surface area contributed by atoms with Gasteiger partial charge in [0.2, 0.25) is 0 Å². The van der Waals surface area contributed by atoms with Gasteiger partial charge in [0.25, 0.3) is 0 Å². The van der Waals surface area contributed by atoms with Gasteiger partial charge in [-0.3, -0.25) is 9.89 Å². The second-order valence-electron chi connectivity index (χ2n) is 6.63. The van der Waals surface area contributed by atoms with Crippen molar-refractivity contribution in [3.8, 4) is 0 Å². The monoisotopic (exact) mass is 444 g/mol. The summed E-state index contributed by atoms with van der Waals surface area (Å²) in [6, 6.07) is 8.91. The number of benzene rings is 1. The molecule has 5 heteroatoms. The molecule has 0 amide bonds. The predicted molar refractivity (Wildman–Crippen MR) is 114 cm³/mol. The van der Waals surface area contributed by atoms with E-state index in [4.69, 9.17) is 0 Å². The van der Waals surface area contributed by atoms with Crippen molar-refractivity contribution < 1.29 is 0 Å². The molecule has 0 radical (unpaired) electrons. The SMILES string of the molecule is CCCNC(=NC)NCc1cccc(CN2CCC(C)CC2)c1.I. The quantitative estimate of drug-likeness (QED) is 0.400. The van der Waals surface area contributed by atoms with E-state index >= 15 is 0 Å². The molecule has 1 aliphatic heterocycles. The normalized spacial score (nSPS) is 16.5. The molecule has 4 nitrogen and oxygen atoms in total. The molecule has 0 bridgehead atoms. The molecule has 0 atom stereocenters. The van der Waals surface area contributed by atoms with Gasteiger partial charge in [-0.05, 0) is 49.4 Å². The molecule has 1 heterocycles. The summed E-state index contributed by atoms with van der Waals surface area (Å²) >= 11 is 0. The molecule has 0 spiro atoms. The van der Waals surface area contributed by atoms with Gasteiger partial charge in [0.15, 0.2) is 5.96 Å². The van der Waals surface area contributed by atoms with Crippen molar-refractivity contribution in [2.45, 2.75) is 46.2 Å². The molecule has 1 aliphatic rings. The molecule has 2 N–H and O–H groups in total. The van der Waals surface area contributed by atoms with E-state index in [1.165, 1.54) is 37.1 Å². The lowest BCUT2D eigenvalue weighted by Gasteiger charge is -2.30. The third-order valence-corrected chi connectivity index (χ3v) is 4.50. The van der Waals surface area contributed by atoms with Crippen molar-refractivity contribution in [3.63, 3.8) is 0 Å². The molecule has 1 aromatic carbocycles. The van der Waals surface area contributed by atoms with Crippen molar-refractivity contribution in [2.75, 3.05) is 26.7 Å². The summed E-state index contributed by atoms with van der Waals surface area (Å²) in [7, 11) is 1.82. The van der Waals surface area contributed by atoms with Gasteiger partial charge >= 0.3 is 0 Å². The number of nitrogens with one attached hydrogen (secondary N) is 2. The Hall–Kier alpha value is -0.820. The molecule has 1 saturated heterocycles. The summed E-state index contributed by atoms with van der Waals surface area (Å²) in [6.45, 7) is 9.83. The van der Waals surface area contributed by atoms with Crippen LogP contribution in [0.4, 0.5) is 0 Å². The molecule has 0 aromatic heterocycles. The molecule has 0 unspecified atom stereocenters. The minimum absolute atomic E-state index is 0. The first-order valence-corrected chi connectivity index (χ1v) is 8.96. The van der Waals surface area contributed by atoms with E-state index in [1.807, 2.05) is 7.05 Å². The second-order valence-corrected chi connectivity index (χ2v) is 6.63. The molecular formula is C19H33IN4. The Morgan fingerprint density at radius 1 is 1.21 bits per heavy atom. The highest BCUT2D eigenvalue weighted by Crippen LogP contribution is 2.18. The first-order chi connectivity index (χ1) is 11.2. The molecule has 0 aliphatic carbocycles. The fourth-order valence-corrected chi connectivity index (χ4v) is 2.97. The van der Waals surface area contributed by atoms with Gasteiger partial charge in [0.1, 0.15) is 0 Å². The number of aliphatic imine (C=N–C) groups is 1. The maximum absolute atomic E-state index is 4.25. The van der Waals surface area contributed by atoms with Crippen molar-refractivity contribution >= 4 is 29.9 Å². The fourth-order valence-electron chi connectivity index (χ4n) is 2.97. The van der Waals surface area contributed by atoms with Crippen molar-refractivity contribution in [3.05, 3.63) is 35.4 Å². The van der Waals surface area contributed by atoms with Gasteiger partial charge < -0.3 is 10.6 Å². The van der Waals surface area contributed by atoms with Crippen LogP contribution in [0.15, 0.2) is 29.3 Å². The Morgan fingerprint density at radius 2 is 1.92 bits per heavy atom. The summed E-state index contributed by atoms with van der Waals surface area (Å²) < 4.78 is 0. The minimum Gasteiger partial charge on any atom is -0.356 e. The van der Waals surface area contributed by atoms with E-state index in [2.05, 4.69) is 58.6 Å². The van der Waals surface area contributed by atoms with Gasteiger partial charge in [0, 0.05) is 26.7 Å². The van der Waals surface area contributed by atoms with Gasteiger partial charge in [-0.15, -0.1) is 24.0 Å². The molecule has 136 valence electrons. The fraction of sp³-hybridized carbons (Fsp3) is 0.632. The smallest absolute Gasteiger partial charge is 0.191 e. The largest absolute Gasteiger partial charge is 0.356 e. The van der Waals surface area contributed by atoms with Crippen LogP contribution in [0.25, 0.3) is 0 Å². The van der Waals surface area contributed by atoms with Gasteiger partial charge in [0.05, 0.1) is 0 Å². The average Bonchev–Trinajstić information content (AvgIpc) is 2.57. The molecule has 1 aromatic rings. The first-order valence-electron chi connectivity index (χ1n) is 8.96. The lowest BCUT2D eigenvalue weighted by atomic mass is 9.98. The lowest BCUT2D eigenvalue weighted by molar-refractivity contribution is 0.185. The minimum atomic E-state index is 0. The third-order valence-electron chi connectivity index (χ3n) is 4.50. The summed E-state index contributed by atoms with van der Waals surface area (Å²) in [5, 5.41) is 6.69.